The lowest BCUT2D eigenvalue weighted by atomic mass is 10.1. The number of aromatic nitrogens is 1. The fourth-order valence-corrected chi connectivity index (χ4v) is 4.32. The fourth-order valence-electron chi connectivity index (χ4n) is 3.23. The number of carbonyl (C=O) groups is 1. The molecule has 1 amide bonds. The number of hydrogen-bond acceptors (Lipinski definition) is 5. The molecular formula is C23H21N3O5S. The van der Waals surface area contributed by atoms with E-state index in [0.717, 1.165) is 12.0 Å². The molecule has 0 aliphatic carbocycles. The first-order valence-corrected chi connectivity index (χ1v) is 11.4. The van der Waals surface area contributed by atoms with Crippen molar-refractivity contribution in [3.05, 3.63) is 94.2 Å². The smallest absolute Gasteiger partial charge is 0.261 e. The molecule has 0 aliphatic rings. The highest BCUT2D eigenvalue weighted by molar-refractivity contribution is 7.92. The third kappa shape index (κ3) is 4.42. The molecule has 0 fully saturated rings. The van der Waals surface area contributed by atoms with Gasteiger partial charge >= 0.3 is 0 Å². The van der Waals surface area contributed by atoms with Gasteiger partial charge in [0, 0.05) is 22.8 Å². The topological polar surface area (TPSA) is 121 Å². The summed E-state index contributed by atoms with van der Waals surface area (Å²) in [5.74, 6) is -0.0473. The number of aryl methyl sites for hydroxylation is 1. The maximum absolute atomic E-state index is 12.9. The largest absolute Gasteiger partial charge is 0.467 e. The Kier molecular flexibility index (Phi) is 5.83. The highest BCUT2D eigenvalue weighted by Crippen LogP contribution is 2.20. The van der Waals surface area contributed by atoms with E-state index in [1.807, 2.05) is 19.1 Å². The molecule has 2 aromatic carbocycles. The molecule has 3 N–H and O–H groups in total. The monoisotopic (exact) mass is 451 g/mol. The van der Waals surface area contributed by atoms with Gasteiger partial charge in [0.05, 0.1) is 17.7 Å². The molecule has 9 heteroatoms. The number of nitrogens with one attached hydrogen (secondary N) is 3. The normalized spacial score (nSPS) is 11.4. The lowest BCUT2D eigenvalue weighted by molar-refractivity contribution is 0.0947. The predicted molar refractivity (Wildman–Crippen MR) is 121 cm³/mol. The van der Waals surface area contributed by atoms with E-state index in [0.29, 0.717) is 17.0 Å². The molecule has 8 nitrogen and oxygen atoms in total. The molecule has 0 saturated carbocycles. The van der Waals surface area contributed by atoms with Crippen molar-refractivity contribution in [2.45, 2.75) is 24.8 Å². The number of sulfonamides is 1. The molecule has 0 radical (unpaired) electrons. The Morgan fingerprint density at radius 1 is 1.09 bits per heavy atom. The van der Waals surface area contributed by atoms with Crippen LogP contribution in [0.15, 0.2) is 81.2 Å². The summed E-state index contributed by atoms with van der Waals surface area (Å²) in [5, 5.41) is 2.71. The first-order valence-electron chi connectivity index (χ1n) is 9.95. The molecule has 0 bridgehead atoms. The van der Waals surface area contributed by atoms with Crippen LogP contribution in [0.1, 0.15) is 28.6 Å². The van der Waals surface area contributed by atoms with E-state index in [-0.39, 0.29) is 22.4 Å². The number of amides is 1. The van der Waals surface area contributed by atoms with Gasteiger partial charge in [-0.15, -0.1) is 0 Å². The molecule has 2 aromatic heterocycles. The summed E-state index contributed by atoms with van der Waals surface area (Å²) >= 11 is 0. The van der Waals surface area contributed by atoms with E-state index in [4.69, 9.17) is 4.42 Å². The van der Waals surface area contributed by atoms with Gasteiger partial charge in [0.15, 0.2) is 0 Å². The van der Waals surface area contributed by atoms with Gasteiger partial charge in [-0.2, -0.15) is 0 Å². The number of rotatable bonds is 7. The number of hydrogen-bond donors (Lipinski definition) is 3. The van der Waals surface area contributed by atoms with Crippen molar-refractivity contribution >= 4 is 32.5 Å². The number of fused-ring (bicyclic) bond motifs is 1. The summed E-state index contributed by atoms with van der Waals surface area (Å²) in [5.41, 5.74) is 1.23. The van der Waals surface area contributed by atoms with Crippen LogP contribution in [0.2, 0.25) is 0 Å². The van der Waals surface area contributed by atoms with Crippen LogP contribution in [0.4, 0.5) is 5.69 Å². The molecule has 32 heavy (non-hydrogen) atoms. The molecule has 0 spiro atoms. The quantitative estimate of drug-likeness (QED) is 0.398. The Morgan fingerprint density at radius 2 is 1.88 bits per heavy atom. The summed E-state index contributed by atoms with van der Waals surface area (Å²) in [7, 11) is -3.93. The summed E-state index contributed by atoms with van der Waals surface area (Å²) in [4.78, 5) is 28.2. The highest BCUT2D eigenvalue weighted by Gasteiger charge is 2.18. The van der Waals surface area contributed by atoms with Crippen LogP contribution in [0, 0.1) is 0 Å². The van der Waals surface area contributed by atoms with Gasteiger partial charge in [-0.1, -0.05) is 19.1 Å². The number of pyridine rings is 1. The Bertz CT molecular complexity index is 1420. The SMILES string of the molecule is CCc1ccc(NS(=O)(=O)c2ccc3[nH]cc(C(=O)NCc4ccco4)c(=O)c3c2)cc1. The average Bonchev–Trinajstić information content (AvgIpc) is 3.31. The lowest BCUT2D eigenvalue weighted by Gasteiger charge is -2.10. The summed E-state index contributed by atoms with van der Waals surface area (Å²) < 4.78 is 33.4. The molecule has 4 aromatic rings. The van der Waals surface area contributed by atoms with Gasteiger partial charge in [-0.3, -0.25) is 14.3 Å². The maximum atomic E-state index is 12.9. The molecule has 0 unspecified atom stereocenters. The van der Waals surface area contributed by atoms with Crippen LogP contribution in [-0.4, -0.2) is 19.3 Å². The number of carbonyl (C=O) groups excluding carboxylic acids is 1. The van der Waals surface area contributed by atoms with Gasteiger partial charge in [0.25, 0.3) is 15.9 Å². The van der Waals surface area contributed by atoms with Crippen LogP contribution in [0.3, 0.4) is 0 Å². The minimum Gasteiger partial charge on any atom is -0.467 e. The maximum Gasteiger partial charge on any atom is 0.261 e. The van der Waals surface area contributed by atoms with Crippen molar-refractivity contribution < 1.29 is 17.6 Å². The molecule has 0 atom stereocenters. The zero-order chi connectivity index (χ0) is 22.7. The number of anilines is 1. The number of aromatic amines is 1. The molecular weight excluding hydrogens is 430 g/mol. The van der Waals surface area contributed by atoms with Crippen LogP contribution < -0.4 is 15.5 Å². The molecule has 164 valence electrons. The first-order chi connectivity index (χ1) is 15.4. The van der Waals surface area contributed by atoms with Crippen molar-refractivity contribution in [3.63, 3.8) is 0 Å². The van der Waals surface area contributed by atoms with Crippen molar-refractivity contribution in [2.24, 2.45) is 0 Å². The van der Waals surface area contributed by atoms with E-state index in [1.165, 1.54) is 30.7 Å². The minimum atomic E-state index is -3.93. The van der Waals surface area contributed by atoms with E-state index < -0.39 is 21.4 Å². The van der Waals surface area contributed by atoms with Crippen LogP contribution in [-0.2, 0) is 23.0 Å². The number of benzene rings is 2. The van der Waals surface area contributed by atoms with Crippen molar-refractivity contribution in [1.82, 2.24) is 10.3 Å². The third-order valence-electron chi connectivity index (χ3n) is 5.02. The van der Waals surface area contributed by atoms with Gasteiger partial charge in [0.2, 0.25) is 5.43 Å². The third-order valence-corrected chi connectivity index (χ3v) is 6.40. The van der Waals surface area contributed by atoms with E-state index in [1.54, 1.807) is 24.3 Å². The molecule has 4 rings (SSSR count). The van der Waals surface area contributed by atoms with E-state index in [9.17, 15) is 18.0 Å². The second kappa shape index (κ2) is 8.72. The molecule has 2 heterocycles. The molecule has 0 aliphatic heterocycles. The van der Waals surface area contributed by atoms with Crippen molar-refractivity contribution in [3.8, 4) is 0 Å². The highest BCUT2D eigenvalue weighted by atomic mass is 32.2. The van der Waals surface area contributed by atoms with Crippen LogP contribution >= 0.6 is 0 Å². The van der Waals surface area contributed by atoms with Gasteiger partial charge in [-0.25, -0.2) is 8.42 Å². The van der Waals surface area contributed by atoms with Gasteiger partial charge < -0.3 is 14.7 Å². The zero-order valence-electron chi connectivity index (χ0n) is 17.2. The van der Waals surface area contributed by atoms with Crippen LogP contribution in [0.5, 0.6) is 0 Å². The Balaban J connectivity index is 1.62. The van der Waals surface area contributed by atoms with E-state index in [2.05, 4.69) is 15.0 Å². The Labute approximate surface area is 184 Å². The van der Waals surface area contributed by atoms with Gasteiger partial charge in [0.1, 0.15) is 11.3 Å². The van der Waals surface area contributed by atoms with Gasteiger partial charge in [-0.05, 0) is 54.4 Å². The molecule has 0 saturated heterocycles. The number of furan rings is 1. The fraction of sp³-hybridized carbons (Fsp3) is 0.130. The summed E-state index contributed by atoms with van der Waals surface area (Å²) in [6.45, 7) is 2.13. The van der Waals surface area contributed by atoms with Crippen LogP contribution in [0.25, 0.3) is 10.9 Å². The second-order valence-electron chi connectivity index (χ2n) is 7.16. The minimum absolute atomic E-state index is 0.0804. The summed E-state index contributed by atoms with van der Waals surface area (Å²) in [6.07, 6.45) is 3.64. The summed E-state index contributed by atoms with van der Waals surface area (Å²) in [6, 6.07) is 14.6. The predicted octanol–water partition coefficient (Wildman–Crippen LogP) is 3.41. The second-order valence-corrected chi connectivity index (χ2v) is 8.84. The lowest BCUT2D eigenvalue weighted by Crippen LogP contribution is -2.28. The first kappa shape index (κ1) is 21.4. The Hall–Kier alpha value is -3.85. The standard InChI is InChI=1S/C23H21N3O5S/c1-2-15-5-7-16(8-6-15)26-32(29,30)18-9-10-21-19(12-18)22(27)20(14-24-21)23(28)25-13-17-4-3-11-31-17/h3-12,14,26H,2,13H2,1H3,(H,24,27)(H,25,28). The average molecular weight is 452 g/mol. The van der Waals surface area contributed by atoms with Crippen molar-refractivity contribution in [1.29, 1.82) is 0 Å². The number of H-pyrrole nitrogens is 1. The van der Waals surface area contributed by atoms with E-state index >= 15 is 0 Å². The van der Waals surface area contributed by atoms with Crippen molar-refractivity contribution in [2.75, 3.05) is 4.72 Å². The zero-order valence-corrected chi connectivity index (χ0v) is 18.0. The Morgan fingerprint density at radius 3 is 2.56 bits per heavy atom.